The summed E-state index contributed by atoms with van der Waals surface area (Å²) in [6.45, 7) is 1.36. The fourth-order valence-electron chi connectivity index (χ4n) is 2.85. The molecule has 4 aromatic rings. The minimum Gasteiger partial charge on any atom is -0.489 e. The van der Waals surface area contributed by atoms with Gasteiger partial charge in [0.25, 0.3) is 0 Å². The van der Waals surface area contributed by atoms with Crippen LogP contribution in [0.5, 0.6) is 5.75 Å². The van der Waals surface area contributed by atoms with Crippen LogP contribution in [0.2, 0.25) is 5.02 Å². The molecule has 0 fully saturated rings. The summed E-state index contributed by atoms with van der Waals surface area (Å²) in [5.74, 6) is 2.82. The van der Waals surface area contributed by atoms with Crippen LogP contribution in [0, 0.1) is 0 Å². The lowest BCUT2D eigenvalue weighted by Gasteiger charge is -2.08. The molecule has 0 spiro atoms. The molecule has 30 heavy (non-hydrogen) atoms. The Morgan fingerprint density at radius 1 is 0.933 bits per heavy atom. The number of hydrogen-bond acceptors (Lipinski definition) is 5. The number of aryl methyl sites for hydroxylation is 1. The Balaban J connectivity index is 1.23. The SMILES string of the molecule is Clc1ccc(-c2ccc(COc3ccc(CSCCn4ccnn4)cc3)cn2)cc1. The Bertz CT molecular complexity index is 1040. The highest BCUT2D eigenvalue weighted by atomic mass is 35.5. The lowest BCUT2D eigenvalue weighted by atomic mass is 10.1. The third-order valence-electron chi connectivity index (χ3n) is 4.50. The lowest BCUT2D eigenvalue weighted by molar-refractivity contribution is 0.305. The number of halogens is 1. The van der Waals surface area contributed by atoms with E-state index in [1.165, 1.54) is 5.56 Å². The van der Waals surface area contributed by atoms with Crippen LogP contribution < -0.4 is 4.74 Å². The topological polar surface area (TPSA) is 52.8 Å². The summed E-state index contributed by atoms with van der Waals surface area (Å²) in [4.78, 5) is 4.53. The Kier molecular flexibility index (Phi) is 7.00. The molecule has 2 aromatic carbocycles. The summed E-state index contributed by atoms with van der Waals surface area (Å²) in [6, 6.07) is 20.0. The molecule has 0 N–H and O–H groups in total. The lowest BCUT2D eigenvalue weighted by Crippen LogP contribution is -2.01. The molecule has 2 aromatic heterocycles. The van der Waals surface area contributed by atoms with Crippen LogP contribution in [-0.2, 0) is 18.9 Å². The molecule has 2 heterocycles. The minimum absolute atomic E-state index is 0.486. The van der Waals surface area contributed by atoms with Crippen LogP contribution >= 0.6 is 23.4 Å². The first-order chi connectivity index (χ1) is 14.8. The number of ether oxygens (including phenoxy) is 1. The summed E-state index contributed by atoms with van der Waals surface area (Å²) < 4.78 is 7.75. The predicted octanol–water partition coefficient (Wildman–Crippen LogP) is 5.51. The van der Waals surface area contributed by atoms with Gasteiger partial charge in [0, 0.05) is 40.0 Å². The predicted molar refractivity (Wildman–Crippen MR) is 122 cm³/mol. The number of aromatic nitrogens is 4. The van der Waals surface area contributed by atoms with E-state index in [2.05, 4.69) is 27.4 Å². The minimum atomic E-state index is 0.486. The van der Waals surface area contributed by atoms with Crippen LogP contribution in [0.3, 0.4) is 0 Å². The summed E-state index contributed by atoms with van der Waals surface area (Å²) in [5, 5.41) is 8.50. The monoisotopic (exact) mass is 436 g/mol. The Morgan fingerprint density at radius 2 is 1.73 bits per heavy atom. The molecular weight excluding hydrogens is 416 g/mol. The van der Waals surface area contributed by atoms with Crippen LogP contribution in [-0.4, -0.2) is 25.7 Å². The third kappa shape index (κ3) is 5.84. The Hall–Kier alpha value is -2.83. The molecule has 0 aliphatic heterocycles. The van der Waals surface area contributed by atoms with Crippen LogP contribution in [0.15, 0.2) is 79.3 Å². The van der Waals surface area contributed by atoms with Gasteiger partial charge in [-0.15, -0.1) is 5.10 Å². The molecular formula is C23H21ClN4OS. The van der Waals surface area contributed by atoms with Gasteiger partial charge in [-0.1, -0.05) is 47.1 Å². The highest BCUT2D eigenvalue weighted by Gasteiger charge is 2.02. The molecule has 7 heteroatoms. The summed E-state index contributed by atoms with van der Waals surface area (Å²) in [5.41, 5.74) is 4.27. The van der Waals surface area contributed by atoms with Gasteiger partial charge >= 0.3 is 0 Å². The van der Waals surface area contributed by atoms with E-state index >= 15 is 0 Å². The second-order valence-corrected chi connectivity index (χ2v) is 8.25. The highest BCUT2D eigenvalue weighted by Crippen LogP contribution is 2.21. The fraction of sp³-hybridized carbons (Fsp3) is 0.174. The van der Waals surface area contributed by atoms with E-state index in [0.717, 1.165) is 45.6 Å². The van der Waals surface area contributed by atoms with Crippen molar-refractivity contribution in [1.29, 1.82) is 0 Å². The van der Waals surface area contributed by atoms with E-state index in [1.807, 2.05) is 77.4 Å². The van der Waals surface area contributed by atoms with Gasteiger partial charge in [-0.05, 0) is 35.9 Å². The molecule has 0 aliphatic carbocycles. The summed E-state index contributed by atoms with van der Waals surface area (Å²) >= 11 is 7.82. The normalized spacial score (nSPS) is 10.8. The van der Waals surface area contributed by atoms with E-state index in [4.69, 9.17) is 16.3 Å². The zero-order valence-electron chi connectivity index (χ0n) is 16.3. The van der Waals surface area contributed by atoms with E-state index in [-0.39, 0.29) is 0 Å². The molecule has 0 atom stereocenters. The standard InChI is InChI=1S/C23H21ClN4OS/c24-21-6-4-20(5-7-21)23-10-3-19(15-25-23)16-29-22-8-1-18(2-9-22)17-30-14-13-28-12-11-26-27-28/h1-12,15H,13-14,16-17H2. The number of rotatable bonds is 9. The first-order valence-corrected chi connectivity index (χ1v) is 11.1. The number of benzene rings is 2. The molecule has 0 aliphatic rings. The summed E-state index contributed by atoms with van der Waals surface area (Å²) in [6.07, 6.45) is 5.44. The van der Waals surface area contributed by atoms with E-state index in [1.54, 1.807) is 6.20 Å². The Morgan fingerprint density at radius 3 is 2.43 bits per heavy atom. The van der Waals surface area contributed by atoms with E-state index < -0.39 is 0 Å². The summed E-state index contributed by atoms with van der Waals surface area (Å²) in [7, 11) is 0. The van der Waals surface area contributed by atoms with Gasteiger partial charge in [-0.25, -0.2) is 0 Å². The molecule has 0 bridgehead atoms. The molecule has 5 nitrogen and oxygen atoms in total. The molecule has 0 unspecified atom stereocenters. The van der Waals surface area contributed by atoms with Crippen molar-refractivity contribution in [3.63, 3.8) is 0 Å². The first kappa shape index (κ1) is 20.4. The number of hydrogen-bond donors (Lipinski definition) is 0. The highest BCUT2D eigenvalue weighted by molar-refractivity contribution is 7.98. The van der Waals surface area contributed by atoms with E-state index in [0.29, 0.717) is 6.61 Å². The molecule has 0 radical (unpaired) electrons. The Labute approximate surface area is 185 Å². The maximum absolute atomic E-state index is 5.94. The van der Waals surface area contributed by atoms with Crippen LogP contribution in [0.4, 0.5) is 0 Å². The van der Waals surface area contributed by atoms with Gasteiger partial charge in [0.15, 0.2) is 0 Å². The molecule has 4 rings (SSSR count). The van der Waals surface area contributed by atoms with Crippen molar-refractivity contribution in [2.45, 2.75) is 18.9 Å². The van der Waals surface area contributed by atoms with Gasteiger partial charge in [-0.2, -0.15) is 11.8 Å². The molecule has 0 amide bonds. The van der Waals surface area contributed by atoms with Gasteiger partial charge in [0.2, 0.25) is 0 Å². The quantitative estimate of drug-likeness (QED) is 0.324. The third-order valence-corrected chi connectivity index (χ3v) is 5.76. The molecule has 0 saturated heterocycles. The zero-order valence-corrected chi connectivity index (χ0v) is 17.9. The number of thioether (sulfide) groups is 1. The smallest absolute Gasteiger partial charge is 0.119 e. The van der Waals surface area contributed by atoms with Crippen molar-refractivity contribution >= 4 is 23.4 Å². The van der Waals surface area contributed by atoms with Crippen molar-refractivity contribution < 1.29 is 4.74 Å². The van der Waals surface area contributed by atoms with Crippen molar-refractivity contribution in [3.05, 3.63) is 95.4 Å². The van der Waals surface area contributed by atoms with Gasteiger partial charge in [0.05, 0.1) is 18.4 Å². The second-order valence-electron chi connectivity index (χ2n) is 6.71. The fourth-order valence-corrected chi connectivity index (χ4v) is 3.86. The second kappa shape index (κ2) is 10.3. The van der Waals surface area contributed by atoms with Gasteiger partial charge in [0.1, 0.15) is 12.4 Å². The average Bonchev–Trinajstić information content (AvgIpc) is 3.31. The first-order valence-electron chi connectivity index (χ1n) is 9.61. The average molecular weight is 437 g/mol. The van der Waals surface area contributed by atoms with Gasteiger partial charge < -0.3 is 4.74 Å². The van der Waals surface area contributed by atoms with Crippen LogP contribution in [0.1, 0.15) is 11.1 Å². The van der Waals surface area contributed by atoms with Crippen molar-refractivity contribution in [3.8, 4) is 17.0 Å². The zero-order chi connectivity index (χ0) is 20.6. The van der Waals surface area contributed by atoms with Crippen molar-refractivity contribution in [1.82, 2.24) is 20.0 Å². The largest absolute Gasteiger partial charge is 0.489 e. The van der Waals surface area contributed by atoms with Gasteiger partial charge in [-0.3, -0.25) is 9.67 Å². The van der Waals surface area contributed by atoms with E-state index in [9.17, 15) is 0 Å². The molecule has 152 valence electrons. The molecule has 0 saturated carbocycles. The maximum Gasteiger partial charge on any atom is 0.119 e. The van der Waals surface area contributed by atoms with Crippen molar-refractivity contribution in [2.24, 2.45) is 0 Å². The number of nitrogens with zero attached hydrogens (tertiary/aromatic N) is 4. The number of pyridine rings is 1. The van der Waals surface area contributed by atoms with Crippen LogP contribution in [0.25, 0.3) is 11.3 Å². The van der Waals surface area contributed by atoms with Crippen molar-refractivity contribution in [2.75, 3.05) is 5.75 Å². The maximum atomic E-state index is 5.94.